The molecule has 2 atom stereocenters. The molecule has 0 saturated carbocycles. The molecular formula is C30H34N2O2. The molecular weight excluding hydrogens is 420 g/mol. The molecule has 3 aromatic rings. The number of hydrogen-bond donors (Lipinski definition) is 0. The zero-order valence-electron chi connectivity index (χ0n) is 20.5. The standard InChI is InChI=1S/C30H34N2O2/c1-4-7-15-31-18-23(21-11-9-10-12-25(21)31)27-29(33)28(30(27)34)24-19-32(16-8-5-2)26-14-13-20(6-3)17-22(24)26/h9-14,17-19,23,27H,4-8,15-16H2,1-3H3. The molecule has 0 amide bonds. The number of carbonyl (C=O) groups is 1. The third-order valence-electron chi connectivity index (χ3n) is 7.49. The van der Waals surface area contributed by atoms with E-state index in [1.54, 1.807) is 0 Å². The molecule has 4 heteroatoms. The Bertz CT molecular complexity index is 1310. The minimum absolute atomic E-state index is 0.00478. The first-order chi connectivity index (χ1) is 16.6. The smallest absolute Gasteiger partial charge is 0.209 e. The van der Waals surface area contributed by atoms with Gasteiger partial charge < -0.3 is 9.67 Å². The third-order valence-corrected chi connectivity index (χ3v) is 7.49. The first-order valence-corrected chi connectivity index (χ1v) is 12.9. The molecule has 176 valence electrons. The van der Waals surface area contributed by atoms with Gasteiger partial charge in [0.2, 0.25) is 5.69 Å². The number of aryl methyl sites for hydroxylation is 2. The van der Waals surface area contributed by atoms with Gasteiger partial charge in [-0.2, -0.15) is 0 Å². The predicted octanol–water partition coefficient (Wildman–Crippen LogP) is 5.59. The highest BCUT2D eigenvalue weighted by Gasteiger charge is 2.45. The summed E-state index contributed by atoms with van der Waals surface area (Å²) < 4.78 is 4.46. The fourth-order valence-corrected chi connectivity index (χ4v) is 5.52. The second-order valence-corrected chi connectivity index (χ2v) is 9.66. The summed E-state index contributed by atoms with van der Waals surface area (Å²) in [4.78, 5) is 13.6. The van der Waals surface area contributed by atoms with Crippen molar-refractivity contribution < 1.29 is 14.5 Å². The molecule has 0 spiro atoms. The summed E-state index contributed by atoms with van der Waals surface area (Å²) in [6.45, 7) is 8.31. The molecule has 1 aromatic heterocycles. The molecule has 2 unspecified atom stereocenters. The lowest BCUT2D eigenvalue weighted by atomic mass is 9.70. The summed E-state index contributed by atoms with van der Waals surface area (Å²) >= 11 is 0. The largest absolute Gasteiger partial charge is 0.874 e. The normalized spacial score (nSPS) is 19.5. The summed E-state index contributed by atoms with van der Waals surface area (Å²) in [5, 5.41) is 14.6. The fraction of sp³-hybridized carbons (Fsp3) is 0.400. The van der Waals surface area contributed by atoms with Crippen LogP contribution in [0.15, 0.2) is 54.4 Å². The van der Waals surface area contributed by atoms with Crippen LogP contribution in [0, 0.1) is 5.92 Å². The quantitative estimate of drug-likeness (QED) is 0.396. The van der Waals surface area contributed by atoms with Crippen LogP contribution < -0.4 is 5.11 Å². The fourth-order valence-electron chi connectivity index (χ4n) is 5.52. The summed E-state index contributed by atoms with van der Waals surface area (Å²) in [5.41, 5.74) is 5.80. The Morgan fingerprint density at radius 2 is 1.82 bits per heavy atom. The van der Waals surface area contributed by atoms with E-state index in [1.165, 1.54) is 5.56 Å². The predicted molar refractivity (Wildman–Crippen MR) is 137 cm³/mol. The van der Waals surface area contributed by atoms with E-state index in [4.69, 9.17) is 0 Å². The maximum absolute atomic E-state index is 13.6. The Morgan fingerprint density at radius 1 is 1.03 bits per heavy atom. The lowest BCUT2D eigenvalue weighted by Crippen LogP contribution is -2.40. The van der Waals surface area contributed by atoms with E-state index >= 15 is 0 Å². The Balaban J connectivity index is 1.56. The van der Waals surface area contributed by atoms with Crippen molar-refractivity contribution in [3.63, 3.8) is 0 Å². The average Bonchev–Trinajstić information content (AvgIpc) is 3.39. The SMILES string of the molecule is CCCCn1cc(C2=C([O-])C(C3C=[N+](CCCC)c4ccccc43)C2=O)c2cc(CC)ccc21. The number of carbonyl (C=O) groups excluding carboxylic acids is 1. The molecule has 0 radical (unpaired) electrons. The van der Waals surface area contributed by atoms with Gasteiger partial charge in [-0.05, 0) is 30.5 Å². The van der Waals surface area contributed by atoms with Crippen LogP contribution in [0.4, 0.5) is 5.69 Å². The highest BCUT2D eigenvalue weighted by molar-refractivity contribution is 6.32. The van der Waals surface area contributed by atoms with Crippen molar-refractivity contribution in [3.05, 3.63) is 71.1 Å². The molecule has 34 heavy (non-hydrogen) atoms. The van der Waals surface area contributed by atoms with Crippen LogP contribution in [0.3, 0.4) is 0 Å². The number of Topliss-reactive ketones (excluding diaryl/α,β-unsaturated/α-hetero) is 1. The number of fused-ring (bicyclic) bond motifs is 2. The van der Waals surface area contributed by atoms with Gasteiger partial charge in [0.05, 0.1) is 11.8 Å². The van der Waals surface area contributed by atoms with E-state index in [2.05, 4.69) is 66.5 Å². The van der Waals surface area contributed by atoms with E-state index in [9.17, 15) is 9.90 Å². The van der Waals surface area contributed by atoms with Crippen molar-refractivity contribution in [2.45, 2.75) is 65.3 Å². The summed E-state index contributed by atoms with van der Waals surface area (Å²) in [6, 6.07) is 14.7. The average molecular weight is 455 g/mol. The van der Waals surface area contributed by atoms with Crippen LogP contribution in [-0.4, -0.2) is 27.7 Å². The lowest BCUT2D eigenvalue weighted by molar-refractivity contribution is -0.433. The zero-order valence-corrected chi connectivity index (χ0v) is 20.5. The van der Waals surface area contributed by atoms with Crippen molar-refractivity contribution in [1.29, 1.82) is 0 Å². The van der Waals surface area contributed by atoms with E-state index in [0.717, 1.165) is 72.9 Å². The molecule has 2 heterocycles. The second kappa shape index (κ2) is 9.25. The van der Waals surface area contributed by atoms with Crippen LogP contribution in [0.25, 0.3) is 16.5 Å². The third kappa shape index (κ3) is 3.60. The number of para-hydroxylation sites is 1. The van der Waals surface area contributed by atoms with Crippen LogP contribution in [0.1, 0.15) is 69.1 Å². The number of allylic oxidation sites excluding steroid dienone is 2. The van der Waals surface area contributed by atoms with E-state index < -0.39 is 5.92 Å². The van der Waals surface area contributed by atoms with Crippen LogP contribution in [0.2, 0.25) is 0 Å². The minimum Gasteiger partial charge on any atom is -0.874 e. The molecule has 0 saturated heterocycles. The summed E-state index contributed by atoms with van der Waals surface area (Å²) in [5.74, 6) is -0.785. The van der Waals surface area contributed by atoms with E-state index in [-0.39, 0.29) is 17.5 Å². The molecule has 2 aliphatic rings. The summed E-state index contributed by atoms with van der Waals surface area (Å²) in [6.07, 6.45) is 9.45. The van der Waals surface area contributed by atoms with Crippen LogP contribution in [-0.2, 0) is 17.8 Å². The Hall–Kier alpha value is -3.14. The highest BCUT2D eigenvalue weighted by atomic mass is 16.3. The first-order valence-electron chi connectivity index (χ1n) is 12.9. The summed E-state index contributed by atoms with van der Waals surface area (Å²) in [7, 11) is 0. The van der Waals surface area contributed by atoms with Gasteiger partial charge in [0.25, 0.3) is 0 Å². The van der Waals surface area contributed by atoms with Crippen molar-refractivity contribution in [1.82, 2.24) is 4.57 Å². The highest BCUT2D eigenvalue weighted by Crippen LogP contribution is 2.48. The second-order valence-electron chi connectivity index (χ2n) is 9.66. The van der Waals surface area contributed by atoms with Crippen molar-refractivity contribution >= 4 is 34.2 Å². The molecule has 2 aromatic carbocycles. The number of aromatic nitrogens is 1. The van der Waals surface area contributed by atoms with E-state index in [0.29, 0.717) is 5.57 Å². The Kier molecular flexibility index (Phi) is 6.16. The number of unbranched alkanes of at least 4 members (excludes halogenated alkanes) is 2. The van der Waals surface area contributed by atoms with Gasteiger partial charge in [-0.15, -0.1) is 5.76 Å². The molecule has 0 N–H and O–H groups in total. The van der Waals surface area contributed by atoms with Crippen molar-refractivity contribution in [2.24, 2.45) is 5.92 Å². The van der Waals surface area contributed by atoms with Gasteiger partial charge in [0, 0.05) is 52.8 Å². The Morgan fingerprint density at radius 3 is 2.56 bits per heavy atom. The number of rotatable bonds is 9. The molecule has 0 fully saturated rings. The zero-order chi connectivity index (χ0) is 23.8. The number of hydrogen-bond acceptors (Lipinski definition) is 2. The lowest BCUT2D eigenvalue weighted by Gasteiger charge is -2.38. The maximum atomic E-state index is 13.6. The van der Waals surface area contributed by atoms with Gasteiger partial charge >= 0.3 is 0 Å². The van der Waals surface area contributed by atoms with Crippen molar-refractivity contribution in [3.8, 4) is 0 Å². The Labute approximate surface area is 202 Å². The van der Waals surface area contributed by atoms with Gasteiger partial charge in [-0.1, -0.05) is 57.9 Å². The number of benzene rings is 2. The molecule has 0 bridgehead atoms. The molecule has 5 rings (SSSR count). The van der Waals surface area contributed by atoms with Gasteiger partial charge in [0.15, 0.2) is 12.0 Å². The topological polar surface area (TPSA) is 48.1 Å². The molecule has 1 aliphatic heterocycles. The number of ketones is 1. The van der Waals surface area contributed by atoms with Crippen LogP contribution >= 0.6 is 0 Å². The minimum atomic E-state index is -0.605. The van der Waals surface area contributed by atoms with Crippen LogP contribution in [0.5, 0.6) is 0 Å². The first kappa shape index (κ1) is 22.6. The molecule has 4 nitrogen and oxygen atoms in total. The van der Waals surface area contributed by atoms with Crippen molar-refractivity contribution in [2.75, 3.05) is 6.54 Å². The monoisotopic (exact) mass is 454 g/mol. The van der Waals surface area contributed by atoms with E-state index in [1.807, 2.05) is 18.3 Å². The number of nitrogens with zero attached hydrogens (tertiary/aromatic N) is 2. The maximum Gasteiger partial charge on any atom is 0.209 e. The van der Waals surface area contributed by atoms with Gasteiger partial charge in [-0.3, -0.25) is 4.79 Å². The van der Waals surface area contributed by atoms with Gasteiger partial charge in [-0.25, -0.2) is 4.58 Å². The molecule has 1 aliphatic carbocycles. The van der Waals surface area contributed by atoms with Gasteiger partial charge in [0.1, 0.15) is 6.54 Å².